The third kappa shape index (κ3) is 2.74. The van der Waals surface area contributed by atoms with E-state index in [0.717, 1.165) is 25.9 Å². The number of nitrogens with zero attached hydrogens (tertiary/aromatic N) is 5. The quantitative estimate of drug-likeness (QED) is 0.811. The fraction of sp³-hybridized carbons (Fsp3) is 0.600. The summed E-state index contributed by atoms with van der Waals surface area (Å²) in [7, 11) is 1.66. The van der Waals surface area contributed by atoms with Crippen molar-refractivity contribution in [1.82, 2.24) is 14.9 Å². The summed E-state index contributed by atoms with van der Waals surface area (Å²) in [6.07, 6.45) is 5.81. The van der Waals surface area contributed by atoms with Gasteiger partial charge in [0.25, 0.3) is 0 Å². The zero-order valence-corrected chi connectivity index (χ0v) is 12.6. The Bertz CT molecular complexity index is 577. The molecule has 2 saturated heterocycles. The number of ether oxygens (including phenoxy) is 1. The lowest BCUT2D eigenvalue weighted by atomic mass is 10.1. The molecule has 0 saturated carbocycles. The highest BCUT2D eigenvalue weighted by Crippen LogP contribution is 2.27. The maximum Gasteiger partial charge on any atom is 0.245 e. The van der Waals surface area contributed by atoms with Gasteiger partial charge in [0.1, 0.15) is 17.9 Å². The van der Waals surface area contributed by atoms with Gasteiger partial charge in [-0.3, -0.25) is 4.79 Å². The lowest BCUT2D eigenvalue weighted by molar-refractivity contribution is -0.131. The number of hydrogen-bond acceptors (Lipinski definition) is 6. The van der Waals surface area contributed by atoms with E-state index in [2.05, 4.69) is 9.97 Å². The standard InChI is InChI=1S/C15H19N5O2/c1-22-12-6-13(15(21)19-4-2-3-5-19)20(10-12)14-9-17-11(7-16)8-18-14/h8-9,12-13H,2-6,10H2,1H3/t12-,13-/m0/s1. The zero-order chi connectivity index (χ0) is 15.5. The Labute approximate surface area is 129 Å². The fourth-order valence-corrected chi connectivity index (χ4v) is 3.13. The van der Waals surface area contributed by atoms with Crippen molar-refractivity contribution in [1.29, 1.82) is 5.26 Å². The number of nitriles is 1. The Morgan fingerprint density at radius 1 is 1.36 bits per heavy atom. The van der Waals surface area contributed by atoms with Crippen LogP contribution in [0.3, 0.4) is 0 Å². The highest BCUT2D eigenvalue weighted by Gasteiger charge is 2.40. The highest BCUT2D eigenvalue weighted by molar-refractivity contribution is 5.86. The molecule has 3 heterocycles. The minimum absolute atomic E-state index is 0.00833. The van der Waals surface area contributed by atoms with Gasteiger partial charge in [-0.1, -0.05) is 0 Å². The summed E-state index contributed by atoms with van der Waals surface area (Å²) in [4.78, 5) is 24.9. The second-order valence-electron chi connectivity index (χ2n) is 5.67. The van der Waals surface area contributed by atoms with Crippen molar-refractivity contribution in [2.75, 3.05) is 31.6 Å². The van der Waals surface area contributed by atoms with Crippen LogP contribution in [0.25, 0.3) is 0 Å². The predicted octanol–water partition coefficient (Wildman–Crippen LogP) is 0.564. The first-order chi connectivity index (χ1) is 10.7. The average Bonchev–Trinajstić information content (AvgIpc) is 3.23. The summed E-state index contributed by atoms with van der Waals surface area (Å²) < 4.78 is 5.44. The third-order valence-corrected chi connectivity index (χ3v) is 4.35. The molecule has 7 nitrogen and oxygen atoms in total. The molecule has 2 aliphatic heterocycles. The Morgan fingerprint density at radius 2 is 2.14 bits per heavy atom. The first kappa shape index (κ1) is 14.7. The predicted molar refractivity (Wildman–Crippen MR) is 79.1 cm³/mol. The summed E-state index contributed by atoms with van der Waals surface area (Å²) in [5.41, 5.74) is 0.272. The van der Waals surface area contributed by atoms with Crippen molar-refractivity contribution in [3.63, 3.8) is 0 Å². The van der Waals surface area contributed by atoms with E-state index in [4.69, 9.17) is 10.00 Å². The number of anilines is 1. The van der Waals surface area contributed by atoms with Crippen LogP contribution in [0.1, 0.15) is 25.0 Å². The first-order valence-electron chi connectivity index (χ1n) is 7.53. The molecule has 3 rings (SSSR count). The molecule has 2 aliphatic rings. The molecule has 0 unspecified atom stereocenters. The van der Waals surface area contributed by atoms with Gasteiger partial charge in [0, 0.05) is 33.2 Å². The number of methoxy groups -OCH3 is 1. The van der Waals surface area contributed by atoms with E-state index in [1.54, 1.807) is 13.3 Å². The van der Waals surface area contributed by atoms with Gasteiger partial charge in [-0.15, -0.1) is 0 Å². The van der Waals surface area contributed by atoms with Crippen LogP contribution in [-0.4, -0.2) is 59.7 Å². The molecule has 0 N–H and O–H groups in total. The Morgan fingerprint density at radius 3 is 2.73 bits per heavy atom. The van der Waals surface area contributed by atoms with Gasteiger partial charge in [0.15, 0.2) is 5.69 Å². The summed E-state index contributed by atoms with van der Waals surface area (Å²) in [6.45, 7) is 2.28. The normalized spacial score (nSPS) is 24.5. The molecule has 0 spiro atoms. The van der Waals surface area contributed by atoms with Crippen LogP contribution in [0.5, 0.6) is 0 Å². The maximum absolute atomic E-state index is 12.7. The van der Waals surface area contributed by atoms with Crippen LogP contribution >= 0.6 is 0 Å². The van der Waals surface area contributed by atoms with Crippen LogP contribution in [0.2, 0.25) is 0 Å². The number of rotatable bonds is 3. The van der Waals surface area contributed by atoms with Crippen LogP contribution in [0.15, 0.2) is 12.4 Å². The number of likely N-dealkylation sites (tertiary alicyclic amines) is 1. The van der Waals surface area contributed by atoms with Crippen molar-refractivity contribution in [3.8, 4) is 6.07 Å². The number of amides is 1. The molecule has 2 fully saturated rings. The van der Waals surface area contributed by atoms with Crippen LogP contribution < -0.4 is 4.90 Å². The lowest BCUT2D eigenvalue weighted by Crippen LogP contribution is -2.45. The van der Waals surface area contributed by atoms with E-state index in [1.165, 1.54) is 6.20 Å². The van der Waals surface area contributed by atoms with Gasteiger partial charge in [-0.25, -0.2) is 9.97 Å². The Balaban J connectivity index is 1.82. The van der Waals surface area contributed by atoms with Gasteiger partial charge in [0.2, 0.25) is 5.91 Å². The number of carbonyl (C=O) groups excluding carboxylic acids is 1. The highest BCUT2D eigenvalue weighted by atomic mass is 16.5. The smallest absolute Gasteiger partial charge is 0.245 e. The average molecular weight is 301 g/mol. The minimum Gasteiger partial charge on any atom is -0.380 e. The molecule has 0 bridgehead atoms. The molecule has 1 aromatic rings. The van der Waals surface area contributed by atoms with Gasteiger partial charge in [-0.05, 0) is 12.8 Å². The summed E-state index contributed by atoms with van der Waals surface area (Å²) in [6, 6.07) is 1.69. The SMILES string of the molecule is CO[C@H]1C[C@@H](C(=O)N2CCCC2)N(c2cnc(C#N)cn2)C1. The van der Waals surface area contributed by atoms with Crippen molar-refractivity contribution in [2.45, 2.75) is 31.4 Å². The molecule has 116 valence electrons. The van der Waals surface area contributed by atoms with Gasteiger partial charge in [0.05, 0.1) is 18.5 Å². The van der Waals surface area contributed by atoms with Crippen molar-refractivity contribution >= 4 is 11.7 Å². The van der Waals surface area contributed by atoms with E-state index >= 15 is 0 Å². The number of carbonyl (C=O) groups is 1. The molecule has 0 aromatic carbocycles. The Kier molecular flexibility index (Phi) is 4.20. The van der Waals surface area contributed by atoms with Crippen molar-refractivity contribution < 1.29 is 9.53 Å². The second-order valence-corrected chi connectivity index (χ2v) is 5.67. The van der Waals surface area contributed by atoms with Gasteiger partial charge in [-0.2, -0.15) is 5.26 Å². The van der Waals surface area contributed by atoms with E-state index in [-0.39, 0.29) is 23.7 Å². The molecular formula is C15H19N5O2. The van der Waals surface area contributed by atoms with Gasteiger partial charge < -0.3 is 14.5 Å². The lowest BCUT2D eigenvalue weighted by Gasteiger charge is -2.27. The first-order valence-corrected chi connectivity index (χ1v) is 7.53. The van der Waals surface area contributed by atoms with E-state index in [9.17, 15) is 4.79 Å². The van der Waals surface area contributed by atoms with Gasteiger partial charge >= 0.3 is 0 Å². The number of aromatic nitrogens is 2. The number of hydrogen-bond donors (Lipinski definition) is 0. The van der Waals surface area contributed by atoms with Crippen molar-refractivity contribution in [3.05, 3.63) is 18.1 Å². The monoisotopic (exact) mass is 301 g/mol. The molecule has 0 radical (unpaired) electrons. The molecule has 1 aromatic heterocycles. The van der Waals surface area contributed by atoms with Crippen LogP contribution in [0, 0.1) is 11.3 Å². The molecular weight excluding hydrogens is 282 g/mol. The third-order valence-electron chi connectivity index (χ3n) is 4.35. The molecule has 0 aliphatic carbocycles. The van der Waals surface area contributed by atoms with E-state index in [0.29, 0.717) is 18.8 Å². The zero-order valence-electron chi connectivity index (χ0n) is 12.6. The van der Waals surface area contributed by atoms with Crippen molar-refractivity contribution in [2.24, 2.45) is 0 Å². The molecule has 22 heavy (non-hydrogen) atoms. The molecule has 1 amide bonds. The van der Waals surface area contributed by atoms with Crippen LogP contribution in [0.4, 0.5) is 5.82 Å². The summed E-state index contributed by atoms with van der Waals surface area (Å²) in [5.74, 6) is 0.763. The van der Waals surface area contributed by atoms with E-state index in [1.807, 2.05) is 15.9 Å². The minimum atomic E-state index is -0.259. The van der Waals surface area contributed by atoms with E-state index < -0.39 is 0 Å². The maximum atomic E-state index is 12.7. The second kappa shape index (κ2) is 6.28. The molecule has 2 atom stereocenters. The Hall–Kier alpha value is -2.20. The fourth-order valence-electron chi connectivity index (χ4n) is 3.13. The molecule has 7 heteroatoms. The summed E-state index contributed by atoms with van der Waals surface area (Å²) in [5, 5.41) is 8.81. The van der Waals surface area contributed by atoms with Crippen LogP contribution in [-0.2, 0) is 9.53 Å². The topological polar surface area (TPSA) is 82.4 Å². The summed E-state index contributed by atoms with van der Waals surface area (Å²) >= 11 is 0. The largest absolute Gasteiger partial charge is 0.380 e.